The van der Waals surface area contributed by atoms with Gasteiger partial charge >= 0.3 is 0 Å². The Morgan fingerprint density at radius 1 is 0.861 bits per heavy atom. The third-order valence-corrected chi connectivity index (χ3v) is 6.93. The van der Waals surface area contributed by atoms with Gasteiger partial charge in [0.1, 0.15) is 0 Å². The SMILES string of the molecule is CC(Sc1nnc(-c2ccco2)n1Cc1ccccc1)C(=O)NC(c1ccccc1)c1ccccc1. The molecule has 5 aromatic rings. The number of nitrogens with one attached hydrogen (secondary N) is 1. The maximum Gasteiger partial charge on any atom is 0.234 e. The fourth-order valence-corrected chi connectivity index (χ4v) is 4.85. The summed E-state index contributed by atoms with van der Waals surface area (Å²) in [5.41, 5.74) is 3.17. The van der Waals surface area contributed by atoms with Crippen molar-refractivity contribution in [3.8, 4) is 11.6 Å². The first-order chi connectivity index (χ1) is 17.7. The molecule has 7 heteroatoms. The van der Waals surface area contributed by atoms with Gasteiger partial charge in [-0.15, -0.1) is 10.2 Å². The Balaban J connectivity index is 1.39. The van der Waals surface area contributed by atoms with Gasteiger partial charge in [0.2, 0.25) is 11.7 Å². The van der Waals surface area contributed by atoms with Crippen molar-refractivity contribution in [2.45, 2.75) is 29.9 Å². The molecule has 0 saturated carbocycles. The molecule has 5 rings (SSSR count). The molecular formula is C29H26N4O2S. The maximum atomic E-state index is 13.4. The molecule has 0 aliphatic heterocycles. The summed E-state index contributed by atoms with van der Waals surface area (Å²) in [6.07, 6.45) is 1.62. The van der Waals surface area contributed by atoms with Gasteiger partial charge in [-0.2, -0.15) is 0 Å². The average Bonchev–Trinajstić information content (AvgIpc) is 3.59. The summed E-state index contributed by atoms with van der Waals surface area (Å²) in [6, 6.07) is 33.5. The Kier molecular flexibility index (Phi) is 7.28. The summed E-state index contributed by atoms with van der Waals surface area (Å²) in [6.45, 7) is 2.46. The predicted molar refractivity (Wildman–Crippen MR) is 141 cm³/mol. The van der Waals surface area contributed by atoms with E-state index in [-0.39, 0.29) is 11.9 Å². The van der Waals surface area contributed by atoms with Gasteiger partial charge in [0.15, 0.2) is 10.9 Å². The van der Waals surface area contributed by atoms with Crippen molar-refractivity contribution >= 4 is 17.7 Å². The molecule has 0 fully saturated rings. The first-order valence-corrected chi connectivity index (χ1v) is 12.6. The summed E-state index contributed by atoms with van der Waals surface area (Å²) < 4.78 is 7.60. The second kappa shape index (κ2) is 11.1. The summed E-state index contributed by atoms with van der Waals surface area (Å²) in [5.74, 6) is 1.19. The van der Waals surface area contributed by atoms with Crippen molar-refractivity contribution in [1.29, 1.82) is 0 Å². The highest BCUT2D eigenvalue weighted by atomic mass is 32.2. The standard InChI is InChI=1S/C29H26N4O2S/c1-21(28(34)30-26(23-14-7-3-8-15-23)24-16-9-4-10-17-24)36-29-32-31-27(25-18-11-19-35-25)33(29)20-22-12-5-2-6-13-22/h2-19,21,26H,20H2,1H3,(H,30,34). The molecule has 0 bridgehead atoms. The summed E-state index contributed by atoms with van der Waals surface area (Å²) in [4.78, 5) is 13.4. The molecule has 0 saturated heterocycles. The van der Waals surface area contributed by atoms with Crippen molar-refractivity contribution in [2.24, 2.45) is 0 Å². The quantitative estimate of drug-likeness (QED) is 0.256. The number of carbonyl (C=O) groups is 1. The molecule has 1 N–H and O–H groups in total. The Morgan fingerprint density at radius 3 is 2.06 bits per heavy atom. The Morgan fingerprint density at radius 2 is 1.47 bits per heavy atom. The van der Waals surface area contributed by atoms with E-state index in [0.29, 0.717) is 23.3 Å². The number of amides is 1. The van der Waals surface area contributed by atoms with Gasteiger partial charge in [0, 0.05) is 0 Å². The van der Waals surface area contributed by atoms with Crippen LogP contribution in [0.1, 0.15) is 29.7 Å². The molecule has 2 heterocycles. The fraction of sp³-hybridized carbons (Fsp3) is 0.138. The van der Waals surface area contributed by atoms with Crippen LogP contribution in [0.3, 0.4) is 0 Å². The zero-order valence-corrected chi connectivity index (χ0v) is 20.6. The van der Waals surface area contributed by atoms with Gasteiger partial charge in [0.05, 0.1) is 24.1 Å². The van der Waals surface area contributed by atoms with E-state index in [2.05, 4.69) is 27.6 Å². The third kappa shape index (κ3) is 5.42. The number of benzene rings is 3. The van der Waals surface area contributed by atoms with E-state index in [1.54, 1.807) is 6.26 Å². The smallest absolute Gasteiger partial charge is 0.234 e. The molecule has 1 unspecified atom stereocenters. The van der Waals surface area contributed by atoms with Gasteiger partial charge in [-0.1, -0.05) is 103 Å². The molecule has 2 aromatic heterocycles. The van der Waals surface area contributed by atoms with Crippen LogP contribution in [-0.2, 0) is 11.3 Å². The summed E-state index contributed by atoms with van der Waals surface area (Å²) in [5, 5.41) is 12.3. The Hall–Kier alpha value is -4.10. The zero-order valence-electron chi connectivity index (χ0n) is 19.8. The lowest BCUT2D eigenvalue weighted by Crippen LogP contribution is -2.35. The number of aromatic nitrogens is 3. The Labute approximate surface area is 214 Å². The van der Waals surface area contributed by atoms with Crippen LogP contribution >= 0.6 is 11.8 Å². The highest BCUT2D eigenvalue weighted by Gasteiger charge is 2.25. The fourth-order valence-electron chi connectivity index (χ4n) is 3.99. The van der Waals surface area contributed by atoms with Crippen molar-refractivity contribution in [2.75, 3.05) is 0 Å². The molecule has 180 valence electrons. The zero-order chi connectivity index (χ0) is 24.7. The molecule has 0 spiro atoms. The number of hydrogen-bond acceptors (Lipinski definition) is 5. The number of carbonyl (C=O) groups excluding carboxylic acids is 1. The monoisotopic (exact) mass is 494 g/mol. The average molecular weight is 495 g/mol. The van der Waals surface area contributed by atoms with Crippen LogP contribution in [0.15, 0.2) is 119 Å². The summed E-state index contributed by atoms with van der Waals surface area (Å²) in [7, 11) is 0. The second-order valence-electron chi connectivity index (χ2n) is 8.38. The van der Waals surface area contributed by atoms with Gasteiger partial charge in [-0.25, -0.2) is 0 Å². The van der Waals surface area contributed by atoms with E-state index >= 15 is 0 Å². The largest absolute Gasteiger partial charge is 0.461 e. The third-order valence-electron chi connectivity index (χ3n) is 5.85. The minimum Gasteiger partial charge on any atom is -0.461 e. The molecule has 3 aromatic carbocycles. The minimum absolute atomic E-state index is 0.0773. The number of rotatable bonds is 9. The van der Waals surface area contributed by atoms with Gasteiger partial charge in [-0.05, 0) is 35.7 Å². The molecule has 0 aliphatic rings. The number of furan rings is 1. The van der Waals surface area contributed by atoms with Crippen LogP contribution in [-0.4, -0.2) is 25.9 Å². The van der Waals surface area contributed by atoms with Crippen LogP contribution in [0.2, 0.25) is 0 Å². The van der Waals surface area contributed by atoms with E-state index < -0.39 is 5.25 Å². The molecule has 6 nitrogen and oxygen atoms in total. The van der Waals surface area contributed by atoms with E-state index in [1.807, 2.05) is 102 Å². The molecule has 1 amide bonds. The maximum absolute atomic E-state index is 13.4. The van der Waals surface area contributed by atoms with E-state index in [1.165, 1.54) is 11.8 Å². The molecule has 0 radical (unpaired) electrons. The first kappa shape index (κ1) is 23.6. The highest BCUT2D eigenvalue weighted by molar-refractivity contribution is 8.00. The normalized spacial score (nSPS) is 11.9. The minimum atomic E-state index is -0.400. The first-order valence-electron chi connectivity index (χ1n) is 11.8. The molecule has 36 heavy (non-hydrogen) atoms. The predicted octanol–water partition coefficient (Wildman–Crippen LogP) is 5.97. The lowest BCUT2D eigenvalue weighted by atomic mass is 9.98. The Bertz CT molecular complexity index is 1350. The van der Waals surface area contributed by atoms with Crippen molar-refractivity contribution in [1.82, 2.24) is 20.1 Å². The van der Waals surface area contributed by atoms with E-state index in [4.69, 9.17) is 4.42 Å². The van der Waals surface area contributed by atoms with Crippen molar-refractivity contribution in [3.63, 3.8) is 0 Å². The number of hydrogen-bond donors (Lipinski definition) is 1. The van der Waals surface area contributed by atoms with E-state index in [0.717, 1.165) is 16.7 Å². The second-order valence-corrected chi connectivity index (χ2v) is 9.69. The van der Waals surface area contributed by atoms with E-state index in [9.17, 15) is 4.79 Å². The number of thioether (sulfide) groups is 1. The van der Waals surface area contributed by atoms with Crippen LogP contribution in [0.4, 0.5) is 0 Å². The highest BCUT2D eigenvalue weighted by Crippen LogP contribution is 2.29. The van der Waals surface area contributed by atoms with Crippen LogP contribution in [0.5, 0.6) is 0 Å². The molecular weight excluding hydrogens is 468 g/mol. The van der Waals surface area contributed by atoms with Crippen LogP contribution in [0, 0.1) is 0 Å². The van der Waals surface area contributed by atoms with Gasteiger partial charge in [-0.3, -0.25) is 9.36 Å². The van der Waals surface area contributed by atoms with Crippen molar-refractivity contribution < 1.29 is 9.21 Å². The van der Waals surface area contributed by atoms with Gasteiger partial charge < -0.3 is 9.73 Å². The van der Waals surface area contributed by atoms with Crippen LogP contribution < -0.4 is 5.32 Å². The molecule has 1 atom stereocenters. The topological polar surface area (TPSA) is 73.0 Å². The number of nitrogens with zero attached hydrogens (tertiary/aromatic N) is 3. The van der Waals surface area contributed by atoms with Crippen molar-refractivity contribution in [3.05, 3.63) is 126 Å². The van der Waals surface area contributed by atoms with Crippen LogP contribution in [0.25, 0.3) is 11.6 Å². The lowest BCUT2D eigenvalue weighted by Gasteiger charge is -2.22. The lowest BCUT2D eigenvalue weighted by molar-refractivity contribution is -0.120. The molecule has 0 aliphatic carbocycles. The van der Waals surface area contributed by atoms with Gasteiger partial charge in [0.25, 0.3) is 0 Å². The summed E-state index contributed by atoms with van der Waals surface area (Å²) >= 11 is 1.38.